The number of aromatic nitrogens is 2. The van der Waals surface area contributed by atoms with Crippen molar-refractivity contribution in [3.63, 3.8) is 0 Å². The molecule has 1 aliphatic heterocycles. The van der Waals surface area contributed by atoms with Crippen LogP contribution in [0.3, 0.4) is 0 Å². The Hall–Kier alpha value is -0.940. The van der Waals surface area contributed by atoms with E-state index in [0.717, 1.165) is 19.4 Å². The summed E-state index contributed by atoms with van der Waals surface area (Å²) in [5.41, 5.74) is 0. The molecular formula is C12H21N3O2. The Labute approximate surface area is 102 Å². The number of aliphatic hydroxyl groups excluding tert-OH is 1. The first kappa shape index (κ1) is 12.5. The topological polar surface area (TPSA) is 62.4 Å². The van der Waals surface area contributed by atoms with Gasteiger partial charge in [-0.05, 0) is 32.7 Å². The zero-order chi connectivity index (χ0) is 12.3. The van der Waals surface area contributed by atoms with Crippen LogP contribution in [0.15, 0.2) is 4.42 Å². The summed E-state index contributed by atoms with van der Waals surface area (Å²) in [6, 6.07) is 0.441. The van der Waals surface area contributed by atoms with Crippen LogP contribution in [0.1, 0.15) is 44.4 Å². The molecule has 2 rings (SSSR count). The molecule has 1 saturated heterocycles. The van der Waals surface area contributed by atoms with Crippen LogP contribution >= 0.6 is 0 Å². The lowest BCUT2D eigenvalue weighted by molar-refractivity contribution is 0.0753. The molecule has 0 aromatic carbocycles. The fourth-order valence-electron chi connectivity index (χ4n) is 2.50. The molecule has 0 saturated carbocycles. The quantitative estimate of drug-likeness (QED) is 0.862. The molecule has 0 radical (unpaired) electrons. The molecule has 1 aromatic rings. The first-order chi connectivity index (χ1) is 8.15. The minimum Gasteiger partial charge on any atom is -0.424 e. The van der Waals surface area contributed by atoms with Crippen molar-refractivity contribution in [2.45, 2.75) is 58.2 Å². The molecule has 0 bridgehead atoms. The van der Waals surface area contributed by atoms with Crippen molar-refractivity contribution >= 4 is 0 Å². The molecule has 5 nitrogen and oxygen atoms in total. The molecule has 96 valence electrons. The Morgan fingerprint density at radius 2 is 2.29 bits per heavy atom. The van der Waals surface area contributed by atoms with Gasteiger partial charge in [0.1, 0.15) is 0 Å². The number of nitrogens with zero attached hydrogens (tertiary/aromatic N) is 3. The standard InChI is InChI=1S/C12H21N3O2/c1-9(16)7-11-5-3-4-6-15(11)8-12-14-13-10(2)17-12/h9,11,16H,3-8H2,1-2H3. The van der Waals surface area contributed by atoms with Crippen molar-refractivity contribution < 1.29 is 9.52 Å². The van der Waals surface area contributed by atoms with Crippen LogP contribution in [-0.2, 0) is 6.54 Å². The zero-order valence-electron chi connectivity index (χ0n) is 10.6. The summed E-state index contributed by atoms with van der Waals surface area (Å²) in [6.07, 6.45) is 4.19. The van der Waals surface area contributed by atoms with Gasteiger partial charge in [-0.15, -0.1) is 10.2 Å². The number of rotatable bonds is 4. The van der Waals surface area contributed by atoms with Crippen molar-refractivity contribution in [3.8, 4) is 0 Å². The Morgan fingerprint density at radius 3 is 2.94 bits per heavy atom. The number of likely N-dealkylation sites (tertiary alicyclic amines) is 1. The summed E-state index contributed by atoms with van der Waals surface area (Å²) >= 11 is 0. The van der Waals surface area contributed by atoms with Gasteiger partial charge in [0.25, 0.3) is 0 Å². The molecule has 2 atom stereocenters. The lowest BCUT2D eigenvalue weighted by atomic mass is 9.97. The summed E-state index contributed by atoms with van der Waals surface area (Å²) in [6.45, 7) is 5.42. The predicted octanol–water partition coefficient (Wildman–Crippen LogP) is 1.50. The molecule has 17 heavy (non-hydrogen) atoms. The molecule has 2 heterocycles. The lowest BCUT2D eigenvalue weighted by Crippen LogP contribution is -2.40. The highest BCUT2D eigenvalue weighted by atomic mass is 16.4. The van der Waals surface area contributed by atoms with E-state index in [1.807, 2.05) is 6.92 Å². The second kappa shape index (κ2) is 5.60. The number of aliphatic hydroxyl groups is 1. The highest BCUT2D eigenvalue weighted by Gasteiger charge is 2.24. The minimum absolute atomic E-state index is 0.245. The average molecular weight is 239 g/mol. The van der Waals surface area contributed by atoms with Gasteiger partial charge in [-0.1, -0.05) is 6.42 Å². The van der Waals surface area contributed by atoms with Crippen molar-refractivity contribution in [3.05, 3.63) is 11.8 Å². The van der Waals surface area contributed by atoms with E-state index in [0.29, 0.717) is 24.4 Å². The van der Waals surface area contributed by atoms with Crippen LogP contribution in [0.5, 0.6) is 0 Å². The maximum atomic E-state index is 9.51. The van der Waals surface area contributed by atoms with Gasteiger partial charge in [0, 0.05) is 13.0 Å². The lowest BCUT2D eigenvalue weighted by Gasteiger charge is -2.35. The maximum absolute atomic E-state index is 9.51. The third-order valence-corrected chi connectivity index (χ3v) is 3.27. The number of aryl methyl sites for hydroxylation is 1. The summed E-state index contributed by atoms with van der Waals surface area (Å²) in [5, 5.41) is 17.4. The van der Waals surface area contributed by atoms with Crippen LogP contribution in [-0.4, -0.2) is 38.9 Å². The molecule has 0 amide bonds. The Bertz CT molecular complexity index is 351. The molecular weight excluding hydrogens is 218 g/mol. The van der Waals surface area contributed by atoms with Crippen molar-refractivity contribution in [2.75, 3.05) is 6.54 Å². The molecule has 1 fully saturated rings. The van der Waals surface area contributed by atoms with E-state index in [9.17, 15) is 5.11 Å². The summed E-state index contributed by atoms with van der Waals surface area (Å²) in [4.78, 5) is 2.35. The summed E-state index contributed by atoms with van der Waals surface area (Å²) in [5.74, 6) is 1.30. The first-order valence-corrected chi connectivity index (χ1v) is 6.36. The van der Waals surface area contributed by atoms with Crippen LogP contribution in [0.25, 0.3) is 0 Å². The van der Waals surface area contributed by atoms with Gasteiger partial charge in [0.2, 0.25) is 11.8 Å². The van der Waals surface area contributed by atoms with Gasteiger partial charge in [0.05, 0.1) is 12.6 Å². The largest absolute Gasteiger partial charge is 0.424 e. The van der Waals surface area contributed by atoms with Gasteiger partial charge in [0.15, 0.2) is 0 Å². The molecule has 1 aromatic heterocycles. The fourth-order valence-corrected chi connectivity index (χ4v) is 2.50. The van der Waals surface area contributed by atoms with Crippen LogP contribution in [0.2, 0.25) is 0 Å². The van der Waals surface area contributed by atoms with Crippen molar-refractivity contribution in [2.24, 2.45) is 0 Å². The Morgan fingerprint density at radius 1 is 1.47 bits per heavy atom. The van der Waals surface area contributed by atoms with E-state index in [-0.39, 0.29) is 6.10 Å². The summed E-state index contributed by atoms with van der Waals surface area (Å²) < 4.78 is 5.41. The smallest absolute Gasteiger partial charge is 0.230 e. The second-order valence-corrected chi connectivity index (χ2v) is 4.92. The van der Waals surface area contributed by atoms with E-state index in [4.69, 9.17) is 4.42 Å². The zero-order valence-corrected chi connectivity index (χ0v) is 10.6. The van der Waals surface area contributed by atoms with Gasteiger partial charge < -0.3 is 9.52 Å². The predicted molar refractivity (Wildman–Crippen MR) is 63.4 cm³/mol. The average Bonchev–Trinajstić information content (AvgIpc) is 2.66. The van der Waals surface area contributed by atoms with Crippen LogP contribution in [0.4, 0.5) is 0 Å². The van der Waals surface area contributed by atoms with Gasteiger partial charge >= 0.3 is 0 Å². The molecule has 0 spiro atoms. The van der Waals surface area contributed by atoms with E-state index >= 15 is 0 Å². The van der Waals surface area contributed by atoms with E-state index in [1.165, 1.54) is 12.8 Å². The number of piperidine rings is 1. The van der Waals surface area contributed by atoms with E-state index in [2.05, 4.69) is 15.1 Å². The first-order valence-electron chi connectivity index (χ1n) is 6.36. The van der Waals surface area contributed by atoms with Crippen molar-refractivity contribution in [1.82, 2.24) is 15.1 Å². The number of hydrogen-bond donors (Lipinski definition) is 1. The minimum atomic E-state index is -0.245. The Kier molecular flexibility index (Phi) is 4.12. The fraction of sp³-hybridized carbons (Fsp3) is 0.833. The Balaban J connectivity index is 1.96. The van der Waals surface area contributed by atoms with E-state index in [1.54, 1.807) is 6.92 Å². The monoisotopic (exact) mass is 239 g/mol. The van der Waals surface area contributed by atoms with E-state index < -0.39 is 0 Å². The normalized spacial score (nSPS) is 23.8. The van der Waals surface area contributed by atoms with Gasteiger partial charge in [-0.2, -0.15) is 0 Å². The SMILES string of the molecule is Cc1nnc(CN2CCCCC2CC(C)O)o1. The number of hydrogen-bond acceptors (Lipinski definition) is 5. The van der Waals surface area contributed by atoms with Crippen LogP contribution < -0.4 is 0 Å². The molecule has 1 aliphatic rings. The van der Waals surface area contributed by atoms with Crippen molar-refractivity contribution in [1.29, 1.82) is 0 Å². The molecule has 5 heteroatoms. The van der Waals surface area contributed by atoms with Gasteiger partial charge in [-0.3, -0.25) is 4.90 Å². The maximum Gasteiger partial charge on any atom is 0.230 e. The highest BCUT2D eigenvalue weighted by Crippen LogP contribution is 2.22. The molecule has 2 unspecified atom stereocenters. The molecule has 0 aliphatic carbocycles. The highest BCUT2D eigenvalue weighted by molar-refractivity contribution is 4.84. The van der Waals surface area contributed by atoms with Gasteiger partial charge in [-0.25, -0.2) is 0 Å². The third kappa shape index (κ3) is 3.51. The molecule has 1 N–H and O–H groups in total. The second-order valence-electron chi connectivity index (χ2n) is 4.92. The summed E-state index contributed by atoms with van der Waals surface area (Å²) in [7, 11) is 0. The third-order valence-electron chi connectivity index (χ3n) is 3.27. The van der Waals surface area contributed by atoms with Crippen LogP contribution in [0, 0.1) is 6.92 Å².